The Balaban J connectivity index is 1.39. The summed E-state index contributed by atoms with van der Waals surface area (Å²) in [5.74, 6) is 2.03. The maximum atomic E-state index is 12.3. The summed E-state index contributed by atoms with van der Waals surface area (Å²) in [5, 5.41) is 0.575. The molecule has 5 heteroatoms. The van der Waals surface area contributed by atoms with Gasteiger partial charge in [0, 0.05) is 5.56 Å². The summed E-state index contributed by atoms with van der Waals surface area (Å²) in [6, 6.07) is 23.0. The van der Waals surface area contributed by atoms with Gasteiger partial charge in [0.1, 0.15) is 30.5 Å². The van der Waals surface area contributed by atoms with Crippen molar-refractivity contribution in [3.63, 3.8) is 0 Å². The Morgan fingerprint density at radius 1 is 0.839 bits per heavy atom. The zero-order valence-electron chi connectivity index (χ0n) is 18.0. The molecule has 4 aromatic rings. The largest absolute Gasteiger partial charge is 0.490 e. The molecule has 0 saturated carbocycles. The number of rotatable bonds is 6. The molecule has 0 aliphatic carbocycles. The summed E-state index contributed by atoms with van der Waals surface area (Å²) in [7, 11) is 0. The van der Waals surface area contributed by atoms with E-state index in [0.717, 1.165) is 11.3 Å². The minimum Gasteiger partial charge on any atom is -0.490 e. The molecule has 0 radical (unpaired) electrons. The maximum absolute atomic E-state index is 12.3. The fraction of sp³-hybridized carbons (Fsp3) is 0.231. The van der Waals surface area contributed by atoms with Crippen molar-refractivity contribution < 1.29 is 9.47 Å². The average Bonchev–Trinajstić information content (AvgIpc) is 2.77. The normalized spacial score (nSPS) is 11.5. The number of nitrogens with one attached hydrogen (secondary N) is 1. The summed E-state index contributed by atoms with van der Waals surface area (Å²) in [5.41, 5.74) is 2.69. The smallest absolute Gasteiger partial charge is 0.259 e. The van der Waals surface area contributed by atoms with E-state index in [2.05, 4.69) is 42.9 Å². The van der Waals surface area contributed by atoms with E-state index in [1.165, 1.54) is 5.56 Å². The average molecular weight is 415 g/mol. The van der Waals surface area contributed by atoms with Crippen LogP contribution in [0, 0.1) is 0 Å². The molecule has 1 heterocycles. The highest BCUT2D eigenvalue weighted by molar-refractivity contribution is 5.79. The van der Waals surface area contributed by atoms with Crippen LogP contribution in [0.1, 0.15) is 26.3 Å². The molecule has 1 aromatic heterocycles. The van der Waals surface area contributed by atoms with Crippen LogP contribution >= 0.6 is 0 Å². The summed E-state index contributed by atoms with van der Waals surface area (Å²) in [6.07, 6.45) is 0. The lowest BCUT2D eigenvalue weighted by Crippen LogP contribution is -2.11. The van der Waals surface area contributed by atoms with Gasteiger partial charge in [-0.05, 0) is 47.4 Å². The summed E-state index contributed by atoms with van der Waals surface area (Å²) in [6.45, 7) is 7.41. The van der Waals surface area contributed by atoms with Crippen molar-refractivity contribution in [2.24, 2.45) is 0 Å². The lowest BCUT2D eigenvalue weighted by Gasteiger charge is -2.19. The first-order valence-corrected chi connectivity index (χ1v) is 10.4. The van der Waals surface area contributed by atoms with Gasteiger partial charge in [-0.2, -0.15) is 0 Å². The van der Waals surface area contributed by atoms with Crippen LogP contribution in [-0.4, -0.2) is 23.2 Å². The first-order valence-electron chi connectivity index (χ1n) is 10.4. The molecule has 0 bridgehead atoms. The highest BCUT2D eigenvalue weighted by atomic mass is 16.5. The minimum absolute atomic E-state index is 0.122. The van der Waals surface area contributed by atoms with Gasteiger partial charge in [0.25, 0.3) is 5.56 Å². The number of aromatic nitrogens is 2. The summed E-state index contributed by atoms with van der Waals surface area (Å²) in [4.78, 5) is 19.8. The number of H-pyrrole nitrogens is 1. The molecule has 0 saturated heterocycles. The molecule has 0 unspecified atom stereocenters. The Bertz CT molecular complexity index is 1240. The van der Waals surface area contributed by atoms with E-state index in [1.807, 2.05) is 54.6 Å². The second-order valence-electron chi connectivity index (χ2n) is 8.43. The maximum Gasteiger partial charge on any atom is 0.259 e. The number of aromatic amines is 1. The Labute approximate surface area is 181 Å². The third kappa shape index (κ3) is 4.94. The lowest BCUT2D eigenvalue weighted by molar-refractivity contribution is 0.217. The van der Waals surface area contributed by atoms with E-state index in [9.17, 15) is 4.79 Å². The van der Waals surface area contributed by atoms with Crippen molar-refractivity contribution in [3.8, 4) is 22.9 Å². The van der Waals surface area contributed by atoms with Crippen molar-refractivity contribution in [1.82, 2.24) is 9.97 Å². The molecule has 4 rings (SSSR count). The van der Waals surface area contributed by atoms with Gasteiger partial charge in [-0.3, -0.25) is 4.79 Å². The van der Waals surface area contributed by atoms with Gasteiger partial charge in [0.2, 0.25) is 0 Å². The lowest BCUT2D eigenvalue weighted by atomic mass is 9.87. The Morgan fingerprint density at radius 3 is 2.29 bits per heavy atom. The van der Waals surface area contributed by atoms with E-state index < -0.39 is 0 Å². The molecule has 0 aliphatic rings. The van der Waals surface area contributed by atoms with Gasteiger partial charge < -0.3 is 14.5 Å². The number of nitrogens with zero attached hydrogens (tertiary/aromatic N) is 1. The number of para-hydroxylation sites is 1. The Hall–Kier alpha value is -3.60. The van der Waals surface area contributed by atoms with Crippen LogP contribution in [0.25, 0.3) is 22.3 Å². The monoisotopic (exact) mass is 414 g/mol. The van der Waals surface area contributed by atoms with Crippen molar-refractivity contribution in [3.05, 3.63) is 88.7 Å². The van der Waals surface area contributed by atoms with E-state index in [1.54, 1.807) is 6.07 Å². The van der Waals surface area contributed by atoms with Crippen LogP contribution in [0.15, 0.2) is 77.6 Å². The van der Waals surface area contributed by atoms with Crippen LogP contribution in [0.3, 0.4) is 0 Å². The molecule has 0 fully saturated rings. The van der Waals surface area contributed by atoms with E-state index >= 15 is 0 Å². The minimum atomic E-state index is -0.155. The highest BCUT2D eigenvalue weighted by Crippen LogP contribution is 2.24. The predicted molar refractivity (Wildman–Crippen MR) is 124 cm³/mol. The van der Waals surface area contributed by atoms with Gasteiger partial charge in [-0.25, -0.2) is 4.98 Å². The van der Waals surface area contributed by atoms with Crippen LogP contribution in [0.4, 0.5) is 0 Å². The molecule has 5 nitrogen and oxygen atoms in total. The van der Waals surface area contributed by atoms with Gasteiger partial charge in [0.15, 0.2) is 0 Å². The second-order valence-corrected chi connectivity index (χ2v) is 8.43. The van der Waals surface area contributed by atoms with Crippen molar-refractivity contribution >= 4 is 10.9 Å². The number of fused-ring (bicyclic) bond motifs is 1. The molecular weight excluding hydrogens is 388 g/mol. The number of hydrogen-bond acceptors (Lipinski definition) is 4. The van der Waals surface area contributed by atoms with Crippen LogP contribution in [0.5, 0.6) is 11.5 Å². The van der Waals surface area contributed by atoms with Gasteiger partial charge in [0.05, 0.1) is 10.9 Å². The Kier molecular flexibility index (Phi) is 5.76. The van der Waals surface area contributed by atoms with Gasteiger partial charge >= 0.3 is 0 Å². The molecule has 1 N–H and O–H groups in total. The molecule has 158 valence electrons. The third-order valence-electron chi connectivity index (χ3n) is 5.06. The molecule has 0 amide bonds. The fourth-order valence-electron chi connectivity index (χ4n) is 3.33. The third-order valence-corrected chi connectivity index (χ3v) is 5.06. The molecule has 3 aromatic carbocycles. The first-order chi connectivity index (χ1) is 14.9. The second kappa shape index (κ2) is 8.64. The van der Waals surface area contributed by atoms with Crippen LogP contribution < -0.4 is 15.0 Å². The zero-order chi connectivity index (χ0) is 21.8. The number of ether oxygens (including phenoxy) is 2. The van der Waals surface area contributed by atoms with Gasteiger partial charge in [-0.15, -0.1) is 0 Å². The van der Waals surface area contributed by atoms with Crippen LogP contribution in [-0.2, 0) is 5.41 Å². The van der Waals surface area contributed by atoms with Crippen molar-refractivity contribution in [1.29, 1.82) is 0 Å². The molecule has 0 aliphatic heterocycles. The summed E-state index contributed by atoms with van der Waals surface area (Å²) >= 11 is 0. The summed E-state index contributed by atoms with van der Waals surface area (Å²) < 4.78 is 11.6. The van der Waals surface area contributed by atoms with E-state index in [4.69, 9.17) is 9.47 Å². The van der Waals surface area contributed by atoms with Crippen molar-refractivity contribution in [2.75, 3.05) is 13.2 Å². The van der Waals surface area contributed by atoms with Crippen molar-refractivity contribution in [2.45, 2.75) is 26.2 Å². The number of hydrogen-bond donors (Lipinski definition) is 1. The standard InChI is InChI=1S/C26H26N2O3/c1-26(2,3)19-11-13-20(14-12-19)30-15-16-31-21-8-6-7-18(17-21)24-27-23-10-5-4-9-22(23)25(29)28-24/h4-14,17H,15-16H2,1-3H3,(H,27,28,29). The highest BCUT2D eigenvalue weighted by Gasteiger charge is 2.13. The zero-order valence-corrected chi connectivity index (χ0v) is 18.0. The van der Waals surface area contributed by atoms with E-state index in [-0.39, 0.29) is 11.0 Å². The van der Waals surface area contributed by atoms with Gasteiger partial charge in [-0.1, -0.05) is 57.2 Å². The van der Waals surface area contributed by atoms with E-state index in [0.29, 0.717) is 35.7 Å². The fourth-order valence-corrected chi connectivity index (χ4v) is 3.33. The predicted octanol–water partition coefficient (Wildman–Crippen LogP) is 5.35. The first kappa shape index (κ1) is 20.7. The Morgan fingerprint density at radius 2 is 1.55 bits per heavy atom. The number of benzene rings is 3. The SMILES string of the molecule is CC(C)(C)c1ccc(OCCOc2cccc(-c3nc4ccccc4c(=O)[nH]3)c2)cc1. The topological polar surface area (TPSA) is 64.2 Å². The molecule has 31 heavy (non-hydrogen) atoms. The molecular formula is C26H26N2O3. The van der Waals surface area contributed by atoms with Crippen LogP contribution in [0.2, 0.25) is 0 Å². The molecule has 0 atom stereocenters. The molecule has 0 spiro atoms. The quantitative estimate of drug-likeness (QED) is 0.432.